The van der Waals surface area contributed by atoms with E-state index in [0.717, 1.165) is 17.8 Å². The molecule has 3 rings (SSSR count). The molecule has 0 saturated carbocycles. The highest BCUT2D eigenvalue weighted by Gasteiger charge is 2.28. The third-order valence-corrected chi connectivity index (χ3v) is 5.61. The zero-order chi connectivity index (χ0) is 18.7. The number of nitrogens with one attached hydrogen (secondary N) is 2. The topological polar surface area (TPSA) is 81.7 Å². The van der Waals surface area contributed by atoms with Gasteiger partial charge in [-0.15, -0.1) is 11.3 Å². The molecule has 0 atom stereocenters. The molecule has 3 N–H and O–H groups in total. The van der Waals surface area contributed by atoms with Crippen molar-refractivity contribution in [1.82, 2.24) is 5.48 Å². The maximum absolute atomic E-state index is 13.0. The minimum absolute atomic E-state index is 0.0982. The first kappa shape index (κ1) is 19.0. The number of anilines is 3. The molecule has 9 heteroatoms. The summed E-state index contributed by atoms with van der Waals surface area (Å²) in [6.07, 6.45) is 2.34. The van der Waals surface area contributed by atoms with E-state index in [1.807, 2.05) is 10.8 Å². The number of hydrogen-bond donors (Lipinski definition) is 3. The maximum Gasteiger partial charge on any atom is 0.261 e. The lowest BCUT2D eigenvalue weighted by Gasteiger charge is -2.23. The van der Waals surface area contributed by atoms with Crippen molar-refractivity contribution in [2.75, 3.05) is 16.8 Å². The number of carbonyl (C=O) groups is 2. The Bertz CT molecular complexity index is 841. The number of nitrogens with zero attached hydrogens (tertiary/aromatic N) is 1. The number of halogens is 2. The van der Waals surface area contributed by atoms with Crippen molar-refractivity contribution in [3.8, 4) is 0 Å². The first-order valence-electron chi connectivity index (χ1n) is 8.08. The summed E-state index contributed by atoms with van der Waals surface area (Å²) in [5.74, 6) is -0.506. The smallest absolute Gasteiger partial charge is 0.261 e. The Hall–Kier alpha value is -1.80. The van der Waals surface area contributed by atoms with E-state index < -0.39 is 5.91 Å². The second-order valence-corrected chi connectivity index (χ2v) is 7.47. The molecule has 1 aromatic heterocycles. The van der Waals surface area contributed by atoms with Crippen LogP contribution < -0.4 is 15.7 Å². The summed E-state index contributed by atoms with van der Waals surface area (Å²) in [7, 11) is 0. The van der Waals surface area contributed by atoms with Crippen molar-refractivity contribution in [2.45, 2.75) is 25.7 Å². The van der Waals surface area contributed by atoms with Gasteiger partial charge in [0.1, 0.15) is 0 Å². The predicted octanol–water partition coefficient (Wildman–Crippen LogP) is 4.82. The van der Waals surface area contributed by atoms with Gasteiger partial charge in [-0.25, -0.2) is 5.48 Å². The lowest BCUT2D eigenvalue weighted by atomic mass is 10.1. The van der Waals surface area contributed by atoms with E-state index in [4.69, 9.17) is 28.4 Å². The van der Waals surface area contributed by atoms with Crippen LogP contribution in [0.5, 0.6) is 0 Å². The van der Waals surface area contributed by atoms with Gasteiger partial charge >= 0.3 is 0 Å². The lowest BCUT2D eigenvalue weighted by Crippen LogP contribution is -2.31. The Morgan fingerprint density at radius 1 is 1.15 bits per heavy atom. The molecular formula is C17H17Cl2N3O3S. The number of unbranched alkanes of at least 4 members (excludes halogenated alkanes) is 2. The van der Waals surface area contributed by atoms with Gasteiger partial charge in [0, 0.05) is 23.7 Å². The molecule has 2 heterocycles. The fourth-order valence-electron chi connectivity index (χ4n) is 2.83. The van der Waals surface area contributed by atoms with Crippen molar-refractivity contribution >= 4 is 63.4 Å². The molecule has 0 saturated heterocycles. The van der Waals surface area contributed by atoms with Gasteiger partial charge in [-0.1, -0.05) is 29.6 Å². The molecule has 2 amide bonds. The minimum atomic E-state index is -0.408. The largest absolute Gasteiger partial charge is 0.352 e. The molecule has 1 aliphatic heterocycles. The van der Waals surface area contributed by atoms with E-state index in [9.17, 15) is 9.59 Å². The molecule has 2 aromatic rings. The molecule has 0 radical (unpaired) electrons. The van der Waals surface area contributed by atoms with Gasteiger partial charge in [0.2, 0.25) is 5.91 Å². The highest BCUT2D eigenvalue weighted by molar-refractivity contribution is 7.08. The average molecular weight is 414 g/mol. The normalized spacial score (nSPS) is 12.9. The van der Waals surface area contributed by atoms with Crippen molar-refractivity contribution in [2.24, 2.45) is 0 Å². The molecule has 0 spiro atoms. The van der Waals surface area contributed by atoms with Gasteiger partial charge in [0.25, 0.3) is 5.91 Å². The zero-order valence-electron chi connectivity index (χ0n) is 13.7. The van der Waals surface area contributed by atoms with Gasteiger partial charge < -0.3 is 10.2 Å². The monoisotopic (exact) mass is 413 g/mol. The van der Waals surface area contributed by atoms with E-state index in [-0.39, 0.29) is 12.3 Å². The maximum atomic E-state index is 13.0. The van der Waals surface area contributed by atoms with E-state index in [2.05, 4.69) is 5.32 Å². The van der Waals surface area contributed by atoms with Crippen LogP contribution in [-0.2, 0) is 4.79 Å². The van der Waals surface area contributed by atoms with E-state index in [1.165, 1.54) is 11.3 Å². The van der Waals surface area contributed by atoms with Gasteiger partial charge in [0.05, 0.1) is 32.7 Å². The summed E-state index contributed by atoms with van der Waals surface area (Å²) < 4.78 is 0. The molecule has 26 heavy (non-hydrogen) atoms. The predicted molar refractivity (Wildman–Crippen MR) is 104 cm³/mol. The van der Waals surface area contributed by atoms with Gasteiger partial charge in [-0.3, -0.25) is 14.8 Å². The van der Waals surface area contributed by atoms with Crippen LogP contribution in [0.4, 0.5) is 17.1 Å². The summed E-state index contributed by atoms with van der Waals surface area (Å²) in [4.78, 5) is 25.7. The van der Waals surface area contributed by atoms with Crippen molar-refractivity contribution in [3.63, 3.8) is 0 Å². The molecule has 0 unspecified atom stereocenters. The number of thiophene rings is 1. The number of amides is 2. The molecule has 0 bridgehead atoms. The molecule has 6 nitrogen and oxygen atoms in total. The Balaban J connectivity index is 1.80. The molecule has 0 aliphatic carbocycles. The van der Waals surface area contributed by atoms with Crippen LogP contribution in [0.15, 0.2) is 22.9 Å². The molecule has 1 aliphatic rings. The average Bonchev–Trinajstić information content (AvgIpc) is 3.05. The number of carbonyl (C=O) groups excluding carboxylic acids is 2. The highest BCUT2D eigenvalue weighted by Crippen LogP contribution is 2.41. The standard InChI is InChI=1S/C17H17Cl2N3O3S/c18-11-6-13-15(7-12(11)19)22(5-3-1-2-4-16(23)21-25)17(24)10-8-26-9-14(10)20-13/h6-9,20,25H,1-5H2,(H,21,23). The van der Waals surface area contributed by atoms with E-state index in [1.54, 1.807) is 22.5 Å². The van der Waals surface area contributed by atoms with Crippen LogP contribution in [0.3, 0.4) is 0 Å². The summed E-state index contributed by atoms with van der Waals surface area (Å²) in [5.41, 5.74) is 4.38. The second kappa shape index (κ2) is 8.26. The SMILES string of the molecule is O=C(CCCCCN1C(=O)c2cscc2Nc2cc(Cl)c(Cl)cc21)NO. The lowest BCUT2D eigenvalue weighted by molar-refractivity contribution is -0.129. The van der Waals surface area contributed by atoms with Crippen molar-refractivity contribution in [1.29, 1.82) is 0 Å². The minimum Gasteiger partial charge on any atom is -0.352 e. The van der Waals surface area contributed by atoms with E-state index >= 15 is 0 Å². The van der Waals surface area contributed by atoms with Crippen LogP contribution in [0.25, 0.3) is 0 Å². The fraction of sp³-hybridized carbons (Fsp3) is 0.294. The number of hydroxylamine groups is 1. The number of rotatable bonds is 6. The number of benzene rings is 1. The van der Waals surface area contributed by atoms with Gasteiger partial charge in [-0.2, -0.15) is 0 Å². The van der Waals surface area contributed by atoms with Gasteiger partial charge in [0.15, 0.2) is 0 Å². The Kier molecular flexibility index (Phi) is 6.03. The summed E-state index contributed by atoms with van der Waals surface area (Å²) in [6.45, 7) is 0.488. The van der Waals surface area contributed by atoms with Gasteiger partial charge in [-0.05, 0) is 25.0 Å². The molecule has 1 aromatic carbocycles. The summed E-state index contributed by atoms with van der Waals surface area (Å²) >= 11 is 13.8. The zero-order valence-corrected chi connectivity index (χ0v) is 16.0. The quantitative estimate of drug-likeness (QED) is 0.360. The number of fused-ring (bicyclic) bond motifs is 2. The Morgan fingerprint density at radius 2 is 1.92 bits per heavy atom. The Labute approximate surface area is 164 Å². The van der Waals surface area contributed by atoms with Crippen LogP contribution >= 0.6 is 34.5 Å². The molecule has 0 fully saturated rings. The number of hydrogen-bond acceptors (Lipinski definition) is 5. The Morgan fingerprint density at radius 3 is 2.69 bits per heavy atom. The molecule has 138 valence electrons. The van der Waals surface area contributed by atoms with Crippen LogP contribution in [0.1, 0.15) is 36.0 Å². The third kappa shape index (κ3) is 3.96. The first-order valence-corrected chi connectivity index (χ1v) is 9.78. The van der Waals surface area contributed by atoms with E-state index in [0.29, 0.717) is 40.7 Å². The van der Waals surface area contributed by atoms with Crippen LogP contribution in [0.2, 0.25) is 10.0 Å². The highest BCUT2D eigenvalue weighted by atomic mass is 35.5. The van der Waals surface area contributed by atoms with Crippen molar-refractivity contribution < 1.29 is 14.8 Å². The summed E-state index contributed by atoms with van der Waals surface area (Å²) in [5, 5.41) is 16.3. The van der Waals surface area contributed by atoms with Crippen LogP contribution in [0, 0.1) is 0 Å². The molecular weight excluding hydrogens is 397 g/mol. The summed E-state index contributed by atoms with van der Waals surface area (Å²) in [6, 6.07) is 3.41. The fourth-order valence-corrected chi connectivity index (χ4v) is 3.90. The van der Waals surface area contributed by atoms with Crippen molar-refractivity contribution in [3.05, 3.63) is 38.5 Å². The third-order valence-electron chi connectivity index (χ3n) is 4.15. The first-order chi connectivity index (χ1) is 12.5. The van der Waals surface area contributed by atoms with Crippen LogP contribution in [-0.4, -0.2) is 23.6 Å². The second-order valence-electron chi connectivity index (χ2n) is 5.91.